The molecule has 0 aromatic carbocycles. The molecular formula is C14H16N2. The molecule has 0 aliphatic rings. The maximum absolute atomic E-state index is 4.45. The average molecular weight is 212 g/mol. The first-order valence-electron chi connectivity index (χ1n) is 5.60. The second kappa shape index (κ2) is 4.88. The summed E-state index contributed by atoms with van der Waals surface area (Å²) in [5.41, 5.74) is 2.35. The van der Waals surface area contributed by atoms with Gasteiger partial charge in [-0.15, -0.1) is 0 Å². The largest absolute Gasteiger partial charge is 0.264 e. The first kappa shape index (κ1) is 10.8. The molecule has 16 heavy (non-hydrogen) atoms. The Kier molecular flexibility index (Phi) is 3.30. The molecular weight excluding hydrogens is 196 g/mol. The van der Waals surface area contributed by atoms with Gasteiger partial charge in [-0.25, -0.2) is 0 Å². The smallest absolute Gasteiger partial charge is 0.0481 e. The summed E-state index contributed by atoms with van der Waals surface area (Å²) in [6, 6.07) is 10.2. The number of hydrogen-bond donors (Lipinski definition) is 0. The van der Waals surface area contributed by atoms with Gasteiger partial charge in [0.15, 0.2) is 0 Å². The van der Waals surface area contributed by atoms with Crippen LogP contribution in [0.25, 0.3) is 0 Å². The van der Waals surface area contributed by atoms with Crippen molar-refractivity contribution in [1.29, 1.82) is 0 Å². The molecule has 0 radical (unpaired) electrons. The minimum absolute atomic E-state index is 0.329. The Balaban J connectivity index is 2.40. The molecule has 2 nitrogen and oxygen atoms in total. The van der Waals surface area contributed by atoms with Gasteiger partial charge in [0.25, 0.3) is 0 Å². The number of nitrogens with zero attached hydrogens (tertiary/aromatic N) is 2. The lowest BCUT2D eigenvalue weighted by Gasteiger charge is -2.20. The third-order valence-electron chi connectivity index (χ3n) is 2.72. The number of pyridine rings is 2. The predicted molar refractivity (Wildman–Crippen MR) is 65.2 cm³/mol. The van der Waals surface area contributed by atoms with Gasteiger partial charge in [0.05, 0.1) is 0 Å². The molecule has 0 saturated heterocycles. The second-order valence-electron chi connectivity index (χ2n) is 4.26. The predicted octanol–water partition coefficient (Wildman–Crippen LogP) is 3.26. The highest BCUT2D eigenvalue weighted by molar-refractivity contribution is 5.26. The van der Waals surface area contributed by atoms with E-state index in [1.165, 1.54) is 5.56 Å². The van der Waals surface area contributed by atoms with E-state index in [4.69, 9.17) is 0 Å². The fraction of sp³-hybridized carbons (Fsp3) is 0.286. The lowest BCUT2D eigenvalue weighted by Crippen LogP contribution is -2.10. The quantitative estimate of drug-likeness (QED) is 0.780. The van der Waals surface area contributed by atoms with Crippen LogP contribution in [0.4, 0.5) is 0 Å². The fourth-order valence-electron chi connectivity index (χ4n) is 2.02. The van der Waals surface area contributed by atoms with Crippen LogP contribution in [0.2, 0.25) is 0 Å². The zero-order chi connectivity index (χ0) is 11.4. The van der Waals surface area contributed by atoms with Crippen LogP contribution in [0.1, 0.15) is 31.0 Å². The molecule has 0 aliphatic carbocycles. The molecule has 2 aromatic heterocycles. The van der Waals surface area contributed by atoms with E-state index in [2.05, 4.69) is 35.9 Å². The van der Waals surface area contributed by atoms with Crippen molar-refractivity contribution in [2.75, 3.05) is 0 Å². The highest BCUT2D eigenvalue weighted by Crippen LogP contribution is 2.29. The molecule has 2 rings (SSSR count). The zero-order valence-corrected chi connectivity index (χ0v) is 9.67. The first-order valence-corrected chi connectivity index (χ1v) is 5.60. The van der Waals surface area contributed by atoms with Crippen molar-refractivity contribution in [3.8, 4) is 0 Å². The van der Waals surface area contributed by atoms with E-state index < -0.39 is 0 Å². The van der Waals surface area contributed by atoms with E-state index >= 15 is 0 Å². The fourth-order valence-corrected chi connectivity index (χ4v) is 2.02. The summed E-state index contributed by atoms with van der Waals surface area (Å²) < 4.78 is 0. The van der Waals surface area contributed by atoms with E-state index in [0.29, 0.717) is 11.8 Å². The van der Waals surface area contributed by atoms with Crippen LogP contribution < -0.4 is 0 Å². The average Bonchev–Trinajstić information content (AvgIpc) is 2.31. The lowest BCUT2D eigenvalue weighted by molar-refractivity contribution is 0.551. The van der Waals surface area contributed by atoms with Crippen LogP contribution in [-0.4, -0.2) is 9.97 Å². The number of hydrogen-bond acceptors (Lipinski definition) is 2. The van der Waals surface area contributed by atoms with Crippen molar-refractivity contribution in [2.45, 2.75) is 19.8 Å². The first-order chi connectivity index (χ1) is 7.79. The monoisotopic (exact) mass is 212 g/mol. The number of aromatic nitrogens is 2. The Labute approximate surface area is 96.4 Å². The van der Waals surface area contributed by atoms with Crippen molar-refractivity contribution in [2.24, 2.45) is 5.92 Å². The maximum atomic E-state index is 4.45. The minimum atomic E-state index is 0.329. The summed E-state index contributed by atoms with van der Waals surface area (Å²) in [7, 11) is 0. The van der Waals surface area contributed by atoms with Crippen molar-refractivity contribution in [3.05, 3.63) is 60.2 Å². The van der Waals surface area contributed by atoms with Crippen LogP contribution in [0.15, 0.2) is 48.9 Å². The zero-order valence-electron chi connectivity index (χ0n) is 9.67. The molecule has 2 heteroatoms. The molecule has 0 N–H and O–H groups in total. The summed E-state index contributed by atoms with van der Waals surface area (Å²) in [6.45, 7) is 4.43. The van der Waals surface area contributed by atoms with Gasteiger partial charge in [-0.3, -0.25) is 9.97 Å². The molecule has 0 spiro atoms. The Morgan fingerprint density at radius 2 is 1.88 bits per heavy atom. The molecule has 0 amide bonds. The maximum Gasteiger partial charge on any atom is 0.0481 e. The van der Waals surface area contributed by atoms with Crippen molar-refractivity contribution in [3.63, 3.8) is 0 Å². The van der Waals surface area contributed by atoms with Gasteiger partial charge >= 0.3 is 0 Å². The van der Waals surface area contributed by atoms with Crippen LogP contribution in [0.5, 0.6) is 0 Å². The summed E-state index contributed by atoms with van der Waals surface area (Å²) >= 11 is 0. The van der Waals surface area contributed by atoms with Gasteiger partial charge in [-0.1, -0.05) is 26.0 Å². The minimum Gasteiger partial charge on any atom is -0.264 e. The summed E-state index contributed by atoms with van der Waals surface area (Å²) in [5.74, 6) is 0.842. The third kappa shape index (κ3) is 2.27. The molecule has 0 bridgehead atoms. The summed E-state index contributed by atoms with van der Waals surface area (Å²) in [6.07, 6.45) is 5.58. The Morgan fingerprint density at radius 1 is 1.00 bits per heavy atom. The van der Waals surface area contributed by atoms with Gasteiger partial charge in [0.1, 0.15) is 0 Å². The molecule has 0 fully saturated rings. The molecule has 0 saturated carbocycles. The van der Waals surface area contributed by atoms with Gasteiger partial charge < -0.3 is 0 Å². The van der Waals surface area contributed by atoms with E-state index in [1.807, 2.05) is 30.6 Å². The molecule has 1 unspecified atom stereocenters. The van der Waals surface area contributed by atoms with Crippen molar-refractivity contribution >= 4 is 0 Å². The van der Waals surface area contributed by atoms with E-state index in [-0.39, 0.29) is 0 Å². The standard InChI is InChI=1S/C14H16N2/c1-11(2)14(12-6-5-8-15-10-12)13-7-3-4-9-16-13/h3-11,14H,1-2H3. The lowest BCUT2D eigenvalue weighted by atomic mass is 9.86. The van der Waals surface area contributed by atoms with Crippen LogP contribution in [0.3, 0.4) is 0 Å². The van der Waals surface area contributed by atoms with E-state index in [0.717, 1.165) is 5.69 Å². The highest BCUT2D eigenvalue weighted by atomic mass is 14.7. The van der Waals surface area contributed by atoms with Gasteiger partial charge in [-0.05, 0) is 29.7 Å². The van der Waals surface area contributed by atoms with Gasteiger partial charge in [0.2, 0.25) is 0 Å². The Hall–Kier alpha value is -1.70. The van der Waals surface area contributed by atoms with Crippen LogP contribution >= 0.6 is 0 Å². The molecule has 2 aromatic rings. The SMILES string of the molecule is CC(C)C(c1cccnc1)c1ccccn1. The highest BCUT2D eigenvalue weighted by Gasteiger charge is 2.18. The van der Waals surface area contributed by atoms with E-state index in [9.17, 15) is 0 Å². The molecule has 2 heterocycles. The topological polar surface area (TPSA) is 25.8 Å². The Morgan fingerprint density at radius 3 is 2.44 bits per heavy atom. The molecule has 1 atom stereocenters. The van der Waals surface area contributed by atoms with Gasteiger partial charge in [-0.2, -0.15) is 0 Å². The van der Waals surface area contributed by atoms with Crippen LogP contribution in [-0.2, 0) is 0 Å². The van der Waals surface area contributed by atoms with E-state index in [1.54, 1.807) is 6.20 Å². The third-order valence-corrected chi connectivity index (χ3v) is 2.72. The van der Waals surface area contributed by atoms with Crippen molar-refractivity contribution < 1.29 is 0 Å². The molecule has 82 valence electrons. The Bertz CT molecular complexity index is 384. The second-order valence-corrected chi connectivity index (χ2v) is 4.26. The number of rotatable bonds is 3. The van der Waals surface area contributed by atoms with Crippen molar-refractivity contribution in [1.82, 2.24) is 9.97 Å². The summed E-state index contributed by atoms with van der Waals surface area (Å²) in [5, 5.41) is 0. The van der Waals surface area contributed by atoms with Gasteiger partial charge in [0, 0.05) is 30.2 Å². The normalized spacial score (nSPS) is 12.7. The van der Waals surface area contributed by atoms with Crippen LogP contribution in [0, 0.1) is 5.92 Å². The summed E-state index contributed by atoms with van der Waals surface area (Å²) in [4.78, 5) is 8.63. The molecule has 0 aliphatic heterocycles.